The summed E-state index contributed by atoms with van der Waals surface area (Å²) in [5.41, 5.74) is 1.84. The van der Waals surface area contributed by atoms with Crippen molar-refractivity contribution in [3.05, 3.63) is 60.5 Å². The number of benzene rings is 2. The van der Waals surface area contributed by atoms with Crippen LogP contribution in [-0.4, -0.2) is 31.5 Å². The standard InChI is InChI=1S/C20H19N5O2S/c1-3-26-16-12-8-7-11-15(16)18-21-17(27-24-18)13-28-20-23-22-19(25(20)2)14-9-5-4-6-10-14/h4-12H,3,13H2,1-2H3. The van der Waals surface area contributed by atoms with E-state index in [9.17, 15) is 0 Å². The van der Waals surface area contributed by atoms with E-state index >= 15 is 0 Å². The predicted molar refractivity (Wildman–Crippen MR) is 107 cm³/mol. The van der Waals surface area contributed by atoms with Gasteiger partial charge in [-0.15, -0.1) is 10.2 Å². The highest BCUT2D eigenvalue weighted by Crippen LogP contribution is 2.29. The Balaban J connectivity index is 1.48. The third-order valence-electron chi connectivity index (χ3n) is 4.09. The lowest BCUT2D eigenvalue weighted by Crippen LogP contribution is -1.95. The Bertz CT molecular complexity index is 1060. The molecule has 0 N–H and O–H groups in total. The number of nitrogens with zero attached hydrogens (tertiary/aromatic N) is 5. The molecule has 0 aliphatic heterocycles. The summed E-state index contributed by atoms with van der Waals surface area (Å²) in [6, 6.07) is 17.6. The lowest BCUT2D eigenvalue weighted by Gasteiger charge is -2.06. The van der Waals surface area contributed by atoms with Crippen molar-refractivity contribution >= 4 is 11.8 Å². The van der Waals surface area contributed by atoms with Crippen LogP contribution < -0.4 is 4.74 Å². The van der Waals surface area contributed by atoms with Crippen LogP contribution in [0.2, 0.25) is 0 Å². The third kappa shape index (κ3) is 3.77. The van der Waals surface area contributed by atoms with Gasteiger partial charge in [-0.1, -0.05) is 59.4 Å². The van der Waals surface area contributed by atoms with Gasteiger partial charge in [0.05, 0.1) is 17.9 Å². The first-order valence-corrected chi connectivity index (χ1v) is 9.87. The van der Waals surface area contributed by atoms with Gasteiger partial charge in [0.1, 0.15) is 5.75 Å². The molecule has 2 aromatic heterocycles. The lowest BCUT2D eigenvalue weighted by atomic mass is 10.2. The first-order valence-electron chi connectivity index (χ1n) is 8.88. The summed E-state index contributed by atoms with van der Waals surface area (Å²) >= 11 is 1.50. The summed E-state index contributed by atoms with van der Waals surface area (Å²) in [7, 11) is 1.95. The Labute approximate surface area is 166 Å². The van der Waals surface area contributed by atoms with Crippen LogP contribution in [0.4, 0.5) is 0 Å². The van der Waals surface area contributed by atoms with Crippen molar-refractivity contribution in [2.24, 2.45) is 7.05 Å². The smallest absolute Gasteiger partial charge is 0.237 e. The van der Waals surface area contributed by atoms with Gasteiger partial charge < -0.3 is 13.8 Å². The van der Waals surface area contributed by atoms with Crippen molar-refractivity contribution in [1.29, 1.82) is 0 Å². The van der Waals surface area contributed by atoms with Gasteiger partial charge >= 0.3 is 0 Å². The van der Waals surface area contributed by atoms with Gasteiger partial charge in [-0.25, -0.2) is 0 Å². The average Bonchev–Trinajstić information content (AvgIpc) is 3.34. The fourth-order valence-electron chi connectivity index (χ4n) is 2.76. The molecular weight excluding hydrogens is 374 g/mol. The minimum Gasteiger partial charge on any atom is -0.493 e. The molecule has 0 unspecified atom stereocenters. The van der Waals surface area contributed by atoms with Gasteiger partial charge in [0.15, 0.2) is 11.0 Å². The lowest BCUT2D eigenvalue weighted by molar-refractivity contribution is 0.341. The molecule has 2 heterocycles. The fourth-order valence-corrected chi connectivity index (χ4v) is 3.51. The van der Waals surface area contributed by atoms with Crippen LogP contribution in [0.3, 0.4) is 0 Å². The summed E-state index contributed by atoms with van der Waals surface area (Å²) in [4.78, 5) is 4.50. The zero-order valence-corrected chi connectivity index (χ0v) is 16.4. The number of aromatic nitrogens is 5. The number of rotatable bonds is 7. The monoisotopic (exact) mass is 393 g/mol. The Hall–Kier alpha value is -3.13. The molecule has 4 rings (SSSR count). The normalized spacial score (nSPS) is 10.9. The van der Waals surface area contributed by atoms with Crippen LogP contribution >= 0.6 is 11.8 Å². The van der Waals surface area contributed by atoms with Crippen molar-refractivity contribution in [2.45, 2.75) is 17.8 Å². The molecule has 4 aromatic rings. The molecule has 0 amide bonds. The minimum absolute atomic E-state index is 0.505. The van der Waals surface area contributed by atoms with E-state index in [1.807, 2.05) is 73.1 Å². The summed E-state index contributed by atoms with van der Waals surface area (Å²) in [6.07, 6.45) is 0. The van der Waals surface area contributed by atoms with E-state index < -0.39 is 0 Å². The van der Waals surface area contributed by atoms with Crippen LogP contribution in [0, 0.1) is 0 Å². The van der Waals surface area contributed by atoms with E-state index in [1.165, 1.54) is 11.8 Å². The van der Waals surface area contributed by atoms with E-state index in [2.05, 4.69) is 20.3 Å². The van der Waals surface area contributed by atoms with Gasteiger partial charge in [-0.2, -0.15) is 4.98 Å². The van der Waals surface area contributed by atoms with E-state index in [1.54, 1.807) is 0 Å². The molecule has 0 aliphatic rings. The molecule has 0 bridgehead atoms. The summed E-state index contributed by atoms with van der Waals surface area (Å²) in [6.45, 7) is 2.52. The number of hydrogen-bond acceptors (Lipinski definition) is 7. The van der Waals surface area contributed by atoms with Gasteiger partial charge in [0.25, 0.3) is 0 Å². The summed E-state index contributed by atoms with van der Waals surface area (Å²) < 4.78 is 13.0. The highest BCUT2D eigenvalue weighted by atomic mass is 32.2. The molecule has 2 aromatic carbocycles. The molecular formula is C20H19N5O2S. The third-order valence-corrected chi connectivity index (χ3v) is 5.09. The molecule has 0 saturated heterocycles. The average molecular weight is 393 g/mol. The second-order valence-electron chi connectivity index (χ2n) is 5.96. The van der Waals surface area contributed by atoms with E-state index in [-0.39, 0.29) is 0 Å². The van der Waals surface area contributed by atoms with Gasteiger partial charge in [0.2, 0.25) is 11.7 Å². The highest BCUT2D eigenvalue weighted by molar-refractivity contribution is 7.98. The second kappa shape index (κ2) is 8.26. The molecule has 8 heteroatoms. The van der Waals surface area contributed by atoms with Gasteiger partial charge in [-0.05, 0) is 19.1 Å². The topological polar surface area (TPSA) is 78.9 Å². The quantitative estimate of drug-likeness (QED) is 0.435. The first-order chi connectivity index (χ1) is 13.8. The largest absolute Gasteiger partial charge is 0.493 e. The second-order valence-corrected chi connectivity index (χ2v) is 6.90. The van der Waals surface area contributed by atoms with Crippen molar-refractivity contribution < 1.29 is 9.26 Å². The molecule has 0 atom stereocenters. The van der Waals surface area contributed by atoms with E-state index in [0.29, 0.717) is 24.1 Å². The Morgan fingerprint density at radius 3 is 2.64 bits per heavy atom. The molecule has 0 saturated carbocycles. The van der Waals surface area contributed by atoms with Crippen molar-refractivity contribution in [1.82, 2.24) is 24.9 Å². The number of hydrogen-bond donors (Lipinski definition) is 0. The number of thioether (sulfide) groups is 1. The highest BCUT2D eigenvalue weighted by Gasteiger charge is 2.15. The Kier molecular flexibility index (Phi) is 5.38. The van der Waals surface area contributed by atoms with Crippen LogP contribution in [0.25, 0.3) is 22.8 Å². The summed E-state index contributed by atoms with van der Waals surface area (Å²) in [5, 5.41) is 13.4. The summed E-state index contributed by atoms with van der Waals surface area (Å²) in [5.74, 6) is 3.11. The molecule has 0 fully saturated rings. The Morgan fingerprint density at radius 1 is 1.04 bits per heavy atom. The van der Waals surface area contributed by atoms with Crippen LogP contribution in [0.5, 0.6) is 5.75 Å². The maximum atomic E-state index is 5.64. The van der Waals surface area contributed by atoms with Crippen molar-refractivity contribution in [3.8, 4) is 28.5 Å². The molecule has 142 valence electrons. The first kappa shape index (κ1) is 18.2. The zero-order valence-electron chi connectivity index (χ0n) is 15.6. The molecule has 7 nitrogen and oxygen atoms in total. The molecule has 0 spiro atoms. The predicted octanol–water partition coefficient (Wildman–Crippen LogP) is 4.22. The van der Waals surface area contributed by atoms with Gasteiger partial charge in [-0.3, -0.25) is 0 Å². The van der Waals surface area contributed by atoms with Gasteiger partial charge in [0, 0.05) is 12.6 Å². The van der Waals surface area contributed by atoms with Crippen LogP contribution in [-0.2, 0) is 12.8 Å². The van der Waals surface area contributed by atoms with Crippen molar-refractivity contribution in [3.63, 3.8) is 0 Å². The maximum Gasteiger partial charge on any atom is 0.237 e. The maximum absolute atomic E-state index is 5.64. The van der Waals surface area contributed by atoms with E-state index in [0.717, 1.165) is 27.9 Å². The van der Waals surface area contributed by atoms with Crippen LogP contribution in [0.15, 0.2) is 64.3 Å². The fraction of sp³-hybridized carbons (Fsp3) is 0.200. The molecule has 0 aliphatic carbocycles. The van der Waals surface area contributed by atoms with Crippen LogP contribution in [0.1, 0.15) is 12.8 Å². The molecule has 0 radical (unpaired) electrons. The molecule has 28 heavy (non-hydrogen) atoms. The van der Waals surface area contributed by atoms with Crippen molar-refractivity contribution in [2.75, 3.05) is 6.61 Å². The zero-order chi connectivity index (χ0) is 19.3. The minimum atomic E-state index is 0.505. The Morgan fingerprint density at radius 2 is 1.82 bits per heavy atom. The SMILES string of the molecule is CCOc1ccccc1-c1noc(CSc2nnc(-c3ccccc3)n2C)n1. The number of para-hydroxylation sites is 1. The number of ether oxygens (including phenoxy) is 1. The van der Waals surface area contributed by atoms with E-state index in [4.69, 9.17) is 9.26 Å².